The molecule has 1 rings (SSSR count). The van der Waals surface area contributed by atoms with E-state index in [0.29, 0.717) is 10.8 Å². The minimum absolute atomic E-state index is 0.243. The van der Waals surface area contributed by atoms with E-state index in [4.69, 9.17) is 21.4 Å². The van der Waals surface area contributed by atoms with Gasteiger partial charge in [-0.1, -0.05) is 18.5 Å². The molecule has 104 valence electrons. The number of rotatable bonds is 5. The second-order valence-corrected chi connectivity index (χ2v) is 4.73. The number of ether oxygens (including phenoxy) is 1. The number of halogens is 1. The van der Waals surface area contributed by atoms with Crippen molar-refractivity contribution in [2.75, 3.05) is 7.11 Å². The molecule has 1 atom stereocenters. The molecule has 0 spiro atoms. The zero-order valence-electron chi connectivity index (χ0n) is 11.0. The van der Waals surface area contributed by atoms with Gasteiger partial charge in [-0.25, -0.2) is 4.79 Å². The van der Waals surface area contributed by atoms with Crippen LogP contribution in [0.5, 0.6) is 5.75 Å². The molecular weight excluding hydrogens is 270 g/mol. The summed E-state index contributed by atoms with van der Waals surface area (Å²) in [4.78, 5) is 23.3. The minimum atomic E-state index is -1.32. The smallest absolute Gasteiger partial charge is 0.329 e. The maximum Gasteiger partial charge on any atom is 0.329 e. The fraction of sp³-hybridized carbons (Fsp3) is 0.385. The molecule has 0 bridgehead atoms. The molecule has 1 amide bonds. The molecule has 0 aliphatic heterocycles. The third-order valence-electron chi connectivity index (χ3n) is 2.98. The highest BCUT2D eigenvalue weighted by atomic mass is 35.5. The summed E-state index contributed by atoms with van der Waals surface area (Å²) in [7, 11) is 1.42. The van der Waals surface area contributed by atoms with Gasteiger partial charge in [0.15, 0.2) is 0 Å². The van der Waals surface area contributed by atoms with Gasteiger partial charge in [-0.3, -0.25) is 4.79 Å². The van der Waals surface area contributed by atoms with Gasteiger partial charge in [0, 0.05) is 5.02 Å². The number of hydrogen-bond donors (Lipinski definition) is 2. The average molecular weight is 286 g/mol. The fourth-order valence-electron chi connectivity index (χ4n) is 1.46. The lowest BCUT2D eigenvalue weighted by Crippen LogP contribution is -2.51. The number of carboxylic acid groups (broad SMARTS) is 1. The van der Waals surface area contributed by atoms with Crippen molar-refractivity contribution < 1.29 is 19.4 Å². The normalized spacial score (nSPS) is 13.5. The molecule has 0 aliphatic carbocycles. The molecule has 2 N–H and O–H groups in total. The first-order valence-electron chi connectivity index (χ1n) is 5.73. The highest BCUT2D eigenvalue weighted by Crippen LogP contribution is 2.24. The van der Waals surface area contributed by atoms with Gasteiger partial charge >= 0.3 is 5.97 Å². The van der Waals surface area contributed by atoms with Crippen LogP contribution in [-0.4, -0.2) is 29.6 Å². The van der Waals surface area contributed by atoms with Crippen molar-refractivity contribution in [1.29, 1.82) is 0 Å². The van der Waals surface area contributed by atoms with Crippen molar-refractivity contribution in [3.63, 3.8) is 0 Å². The second-order valence-electron chi connectivity index (χ2n) is 4.29. The number of nitrogens with one attached hydrogen (secondary N) is 1. The highest BCUT2D eigenvalue weighted by Gasteiger charge is 2.33. The first-order chi connectivity index (χ1) is 8.84. The van der Waals surface area contributed by atoms with Crippen LogP contribution in [0.1, 0.15) is 30.6 Å². The van der Waals surface area contributed by atoms with Gasteiger partial charge in [0.2, 0.25) is 0 Å². The standard InChI is InChI=1S/C13H16ClNO4/c1-4-13(2,12(17)18)15-11(16)9-6-5-8(14)7-10(9)19-3/h5-7H,4H2,1-3H3,(H,15,16)(H,17,18). The van der Waals surface area contributed by atoms with Crippen LogP contribution in [0.4, 0.5) is 0 Å². The Labute approximate surface area is 116 Å². The summed E-state index contributed by atoms with van der Waals surface area (Å²) in [6.45, 7) is 3.14. The van der Waals surface area contributed by atoms with Crippen LogP contribution in [0.2, 0.25) is 5.02 Å². The lowest BCUT2D eigenvalue weighted by Gasteiger charge is -2.25. The monoisotopic (exact) mass is 285 g/mol. The molecule has 0 radical (unpaired) electrons. The first kappa shape index (κ1) is 15.3. The number of benzene rings is 1. The third kappa shape index (κ3) is 3.38. The molecule has 0 saturated carbocycles. The van der Waals surface area contributed by atoms with Crippen molar-refractivity contribution >= 4 is 23.5 Å². The van der Waals surface area contributed by atoms with Crippen LogP contribution in [-0.2, 0) is 4.79 Å². The lowest BCUT2D eigenvalue weighted by molar-refractivity contribution is -0.143. The summed E-state index contributed by atoms with van der Waals surface area (Å²) >= 11 is 5.81. The largest absolute Gasteiger partial charge is 0.496 e. The van der Waals surface area contributed by atoms with E-state index in [1.807, 2.05) is 0 Å². The summed E-state index contributed by atoms with van der Waals surface area (Å²) in [5, 5.41) is 12.1. The van der Waals surface area contributed by atoms with E-state index in [0.717, 1.165) is 0 Å². The Hall–Kier alpha value is -1.75. The van der Waals surface area contributed by atoms with E-state index in [1.54, 1.807) is 13.0 Å². The van der Waals surface area contributed by atoms with E-state index < -0.39 is 17.4 Å². The van der Waals surface area contributed by atoms with Gasteiger partial charge in [0.05, 0.1) is 12.7 Å². The van der Waals surface area contributed by atoms with Gasteiger partial charge < -0.3 is 15.2 Å². The molecule has 5 nitrogen and oxygen atoms in total. The fourth-order valence-corrected chi connectivity index (χ4v) is 1.63. The van der Waals surface area contributed by atoms with Crippen molar-refractivity contribution in [2.24, 2.45) is 0 Å². The van der Waals surface area contributed by atoms with Crippen LogP contribution in [0, 0.1) is 0 Å². The van der Waals surface area contributed by atoms with Crippen LogP contribution in [0.25, 0.3) is 0 Å². The molecule has 1 aromatic carbocycles. The molecular formula is C13H16ClNO4. The summed E-state index contributed by atoms with van der Waals surface area (Å²) in [6.07, 6.45) is 0.268. The quantitative estimate of drug-likeness (QED) is 0.870. The number of carbonyl (C=O) groups is 2. The molecule has 0 aromatic heterocycles. The van der Waals surface area contributed by atoms with Gasteiger partial charge in [0.1, 0.15) is 11.3 Å². The number of hydrogen-bond acceptors (Lipinski definition) is 3. The van der Waals surface area contributed by atoms with E-state index in [1.165, 1.54) is 26.2 Å². The number of carboxylic acids is 1. The van der Waals surface area contributed by atoms with Crippen molar-refractivity contribution in [2.45, 2.75) is 25.8 Å². The van der Waals surface area contributed by atoms with Gasteiger partial charge in [0.25, 0.3) is 5.91 Å². The van der Waals surface area contributed by atoms with E-state index in [2.05, 4.69) is 5.32 Å². The van der Waals surface area contributed by atoms with Crippen LogP contribution >= 0.6 is 11.6 Å². The molecule has 0 fully saturated rings. The Kier molecular flexibility index (Phi) is 4.78. The Morgan fingerprint density at radius 1 is 1.47 bits per heavy atom. The average Bonchev–Trinajstić information content (AvgIpc) is 2.37. The summed E-state index contributed by atoms with van der Waals surface area (Å²) in [5.74, 6) is -1.30. The van der Waals surface area contributed by atoms with Crippen molar-refractivity contribution in [3.8, 4) is 5.75 Å². The van der Waals surface area contributed by atoms with Gasteiger partial charge in [-0.15, -0.1) is 0 Å². The molecule has 6 heteroatoms. The Morgan fingerprint density at radius 2 is 2.11 bits per heavy atom. The Morgan fingerprint density at radius 3 is 2.58 bits per heavy atom. The Balaban J connectivity index is 3.05. The van der Waals surface area contributed by atoms with Crippen LogP contribution < -0.4 is 10.1 Å². The van der Waals surface area contributed by atoms with E-state index >= 15 is 0 Å². The predicted octanol–water partition coefficient (Wildman–Crippen LogP) is 2.33. The number of carbonyl (C=O) groups excluding carboxylic acids is 1. The number of methoxy groups -OCH3 is 1. The number of aliphatic carboxylic acids is 1. The second kappa shape index (κ2) is 5.93. The molecule has 0 saturated heterocycles. The van der Waals surface area contributed by atoms with Gasteiger partial charge in [-0.2, -0.15) is 0 Å². The Bertz CT molecular complexity index is 503. The minimum Gasteiger partial charge on any atom is -0.496 e. The molecule has 1 aromatic rings. The topological polar surface area (TPSA) is 75.6 Å². The maximum absolute atomic E-state index is 12.1. The van der Waals surface area contributed by atoms with E-state index in [9.17, 15) is 9.59 Å². The van der Waals surface area contributed by atoms with Crippen LogP contribution in [0.15, 0.2) is 18.2 Å². The molecule has 19 heavy (non-hydrogen) atoms. The molecule has 1 unspecified atom stereocenters. The highest BCUT2D eigenvalue weighted by molar-refractivity contribution is 6.30. The van der Waals surface area contributed by atoms with Crippen molar-refractivity contribution in [3.05, 3.63) is 28.8 Å². The first-order valence-corrected chi connectivity index (χ1v) is 6.11. The van der Waals surface area contributed by atoms with Crippen molar-refractivity contribution in [1.82, 2.24) is 5.32 Å². The lowest BCUT2D eigenvalue weighted by atomic mass is 9.98. The van der Waals surface area contributed by atoms with Crippen LogP contribution in [0.3, 0.4) is 0 Å². The summed E-state index contributed by atoms with van der Waals surface area (Å²) in [5.41, 5.74) is -1.07. The third-order valence-corrected chi connectivity index (χ3v) is 3.21. The van der Waals surface area contributed by atoms with E-state index in [-0.39, 0.29) is 12.0 Å². The zero-order valence-corrected chi connectivity index (χ0v) is 11.7. The predicted molar refractivity (Wildman–Crippen MR) is 71.8 cm³/mol. The molecule has 0 aliphatic rings. The SMILES string of the molecule is CCC(C)(NC(=O)c1ccc(Cl)cc1OC)C(=O)O. The summed E-state index contributed by atoms with van der Waals surface area (Å²) < 4.78 is 5.06. The van der Waals surface area contributed by atoms with Gasteiger partial charge in [-0.05, 0) is 31.5 Å². The number of amides is 1. The molecule has 0 heterocycles. The zero-order chi connectivity index (χ0) is 14.6. The summed E-state index contributed by atoms with van der Waals surface area (Å²) in [6, 6.07) is 4.54. The maximum atomic E-state index is 12.1.